The number of piperazine rings is 1. The van der Waals surface area contributed by atoms with Gasteiger partial charge in [0.1, 0.15) is 6.04 Å². The highest BCUT2D eigenvalue weighted by Gasteiger charge is 2.39. The molecule has 0 aromatic heterocycles. The third kappa shape index (κ3) is 3.91. The topological polar surface area (TPSA) is 102 Å². The molecule has 4 aliphatic heterocycles. The van der Waals surface area contributed by atoms with Gasteiger partial charge in [0.25, 0.3) is 5.91 Å². The van der Waals surface area contributed by atoms with Gasteiger partial charge in [0.05, 0.1) is 6.04 Å². The van der Waals surface area contributed by atoms with Gasteiger partial charge in [0, 0.05) is 51.3 Å². The Morgan fingerprint density at radius 3 is 2.66 bits per heavy atom. The first kappa shape index (κ1) is 21.1. The zero-order chi connectivity index (χ0) is 22.2. The summed E-state index contributed by atoms with van der Waals surface area (Å²) in [5.74, 6) is -0.626. The van der Waals surface area contributed by atoms with Gasteiger partial charge in [-0.3, -0.25) is 29.4 Å². The van der Waals surface area contributed by atoms with E-state index in [4.69, 9.17) is 0 Å². The molecule has 32 heavy (non-hydrogen) atoms. The fourth-order valence-corrected chi connectivity index (χ4v) is 5.33. The minimum Gasteiger partial charge on any atom is -0.339 e. The fourth-order valence-electron chi connectivity index (χ4n) is 5.33. The zero-order valence-corrected chi connectivity index (χ0v) is 18.1. The number of likely N-dealkylation sites (tertiary alicyclic amines) is 1. The van der Waals surface area contributed by atoms with Crippen molar-refractivity contribution in [2.45, 2.75) is 50.9 Å². The van der Waals surface area contributed by atoms with E-state index in [1.54, 1.807) is 4.90 Å². The molecule has 9 heteroatoms. The second-order valence-electron chi connectivity index (χ2n) is 9.10. The molecule has 1 aromatic rings. The number of benzene rings is 1. The Morgan fingerprint density at radius 2 is 1.88 bits per heavy atom. The minimum absolute atomic E-state index is 0.1000. The third-order valence-corrected chi connectivity index (χ3v) is 7.06. The number of nitrogens with one attached hydrogen (secondary N) is 2. The van der Waals surface area contributed by atoms with Crippen molar-refractivity contribution < 1.29 is 19.2 Å². The van der Waals surface area contributed by atoms with Gasteiger partial charge in [-0.1, -0.05) is 12.1 Å². The molecule has 4 amide bonds. The van der Waals surface area contributed by atoms with Gasteiger partial charge in [0.2, 0.25) is 17.7 Å². The van der Waals surface area contributed by atoms with E-state index in [0.717, 1.165) is 56.7 Å². The van der Waals surface area contributed by atoms with Crippen molar-refractivity contribution in [3.8, 4) is 0 Å². The standard InChI is InChI=1S/C23H29N5O4/c29-20-6-5-18(21(30)25-20)28-14-16-4-3-15(12-17(16)22(28)31)13-27-9-1-2-19(27)23(32)26-10-7-24-8-11-26/h3-4,12,18-19,24H,1-2,5-11,13-14H2,(H,25,29,30)/t18?,19-/m0/s1. The number of rotatable bonds is 4. The molecule has 0 radical (unpaired) electrons. The first-order chi connectivity index (χ1) is 15.5. The Hall–Kier alpha value is -2.78. The van der Waals surface area contributed by atoms with E-state index < -0.39 is 11.9 Å². The van der Waals surface area contributed by atoms with Crippen LogP contribution in [-0.4, -0.2) is 83.1 Å². The van der Waals surface area contributed by atoms with Gasteiger partial charge >= 0.3 is 0 Å². The molecule has 0 saturated carbocycles. The van der Waals surface area contributed by atoms with E-state index in [1.165, 1.54) is 0 Å². The predicted octanol–water partition coefficient (Wildman–Crippen LogP) is -0.156. The molecule has 3 saturated heterocycles. The van der Waals surface area contributed by atoms with Crippen molar-refractivity contribution in [2.75, 3.05) is 32.7 Å². The largest absolute Gasteiger partial charge is 0.339 e. The van der Waals surface area contributed by atoms with Gasteiger partial charge < -0.3 is 15.1 Å². The van der Waals surface area contributed by atoms with Gasteiger partial charge in [-0.05, 0) is 43.0 Å². The molecule has 2 atom stereocenters. The number of hydrogen-bond donors (Lipinski definition) is 2. The van der Waals surface area contributed by atoms with Crippen molar-refractivity contribution in [2.24, 2.45) is 0 Å². The summed E-state index contributed by atoms with van der Waals surface area (Å²) in [5.41, 5.74) is 2.52. The van der Waals surface area contributed by atoms with Crippen molar-refractivity contribution in [3.05, 3.63) is 34.9 Å². The molecule has 0 bridgehead atoms. The third-order valence-electron chi connectivity index (χ3n) is 7.06. The van der Waals surface area contributed by atoms with Crippen molar-refractivity contribution in [1.82, 2.24) is 25.3 Å². The lowest BCUT2D eigenvalue weighted by Crippen LogP contribution is -2.52. The average molecular weight is 440 g/mol. The van der Waals surface area contributed by atoms with Crippen LogP contribution in [0, 0.1) is 0 Å². The summed E-state index contributed by atoms with van der Waals surface area (Å²) < 4.78 is 0. The number of piperidine rings is 1. The number of fused-ring (bicyclic) bond motifs is 1. The first-order valence-corrected chi connectivity index (χ1v) is 11.5. The summed E-state index contributed by atoms with van der Waals surface area (Å²) in [6.45, 7) is 5.08. The molecule has 9 nitrogen and oxygen atoms in total. The van der Waals surface area contributed by atoms with E-state index in [0.29, 0.717) is 25.1 Å². The Bertz CT molecular complexity index is 958. The molecular weight excluding hydrogens is 410 g/mol. The maximum absolute atomic E-state index is 13.1. The van der Waals surface area contributed by atoms with Crippen molar-refractivity contribution in [3.63, 3.8) is 0 Å². The summed E-state index contributed by atoms with van der Waals surface area (Å²) >= 11 is 0. The average Bonchev–Trinajstić information content (AvgIpc) is 3.38. The number of carbonyl (C=O) groups excluding carboxylic acids is 4. The molecule has 4 aliphatic rings. The summed E-state index contributed by atoms with van der Waals surface area (Å²) in [7, 11) is 0. The second kappa shape index (κ2) is 8.63. The molecule has 0 spiro atoms. The second-order valence-corrected chi connectivity index (χ2v) is 9.10. The Kier molecular flexibility index (Phi) is 5.69. The van der Waals surface area contributed by atoms with Crippen LogP contribution in [0.3, 0.4) is 0 Å². The quantitative estimate of drug-likeness (QED) is 0.633. The minimum atomic E-state index is -0.601. The molecule has 170 valence electrons. The summed E-state index contributed by atoms with van der Waals surface area (Å²) in [4.78, 5) is 55.6. The van der Waals surface area contributed by atoms with Crippen LogP contribution in [0.4, 0.5) is 0 Å². The fraction of sp³-hybridized carbons (Fsp3) is 0.565. The van der Waals surface area contributed by atoms with Crippen LogP contribution in [0.1, 0.15) is 47.2 Å². The van der Waals surface area contributed by atoms with E-state index in [-0.39, 0.29) is 30.2 Å². The van der Waals surface area contributed by atoms with Crippen LogP contribution in [0.2, 0.25) is 0 Å². The smallest absolute Gasteiger partial charge is 0.255 e. The molecule has 1 aromatic carbocycles. The summed E-state index contributed by atoms with van der Waals surface area (Å²) in [6.07, 6.45) is 2.48. The Morgan fingerprint density at radius 1 is 1.06 bits per heavy atom. The van der Waals surface area contributed by atoms with Gasteiger partial charge in [0.15, 0.2) is 0 Å². The zero-order valence-electron chi connectivity index (χ0n) is 18.1. The normalized spacial score (nSPS) is 26.4. The number of carbonyl (C=O) groups is 4. The molecule has 1 unspecified atom stereocenters. The number of hydrogen-bond acceptors (Lipinski definition) is 6. The van der Waals surface area contributed by atoms with Crippen LogP contribution >= 0.6 is 0 Å². The highest BCUT2D eigenvalue weighted by Crippen LogP contribution is 2.29. The molecule has 4 heterocycles. The first-order valence-electron chi connectivity index (χ1n) is 11.5. The lowest BCUT2D eigenvalue weighted by molar-refractivity contribution is -0.137. The van der Waals surface area contributed by atoms with E-state index in [1.807, 2.05) is 23.1 Å². The van der Waals surface area contributed by atoms with Gasteiger partial charge in [-0.15, -0.1) is 0 Å². The van der Waals surface area contributed by atoms with Crippen LogP contribution in [0.5, 0.6) is 0 Å². The Labute approximate surface area is 187 Å². The summed E-state index contributed by atoms with van der Waals surface area (Å²) in [6, 6.07) is 5.18. The number of imide groups is 1. The van der Waals surface area contributed by atoms with Crippen molar-refractivity contribution >= 4 is 23.6 Å². The van der Waals surface area contributed by atoms with E-state index in [2.05, 4.69) is 15.5 Å². The summed E-state index contributed by atoms with van der Waals surface area (Å²) in [5, 5.41) is 5.62. The lowest BCUT2D eigenvalue weighted by Gasteiger charge is -2.33. The van der Waals surface area contributed by atoms with E-state index in [9.17, 15) is 19.2 Å². The van der Waals surface area contributed by atoms with Gasteiger partial charge in [-0.2, -0.15) is 0 Å². The predicted molar refractivity (Wildman–Crippen MR) is 115 cm³/mol. The molecule has 5 rings (SSSR count). The van der Waals surface area contributed by atoms with Crippen LogP contribution in [0.15, 0.2) is 18.2 Å². The molecule has 3 fully saturated rings. The highest BCUT2D eigenvalue weighted by molar-refractivity contribution is 6.05. The monoisotopic (exact) mass is 439 g/mol. The van der Waals surface area contributed by atoms with Crippen LogP contribution < -0.4 is 10.6 Å². The van der Waals surface area contributed by atoms with E-state index >= 15 is 0 Å². The number of amides is 4. The number of nitrogens with zero attached hydrogens (tertiary/aromatic N) is 3. The van der Waals surface area contributed by atoms with Crippen LogP contribution in [0.25, 0.3) is 0 Å². The van der Waals surface area contributed by atoms with Crippen molar-refractivity contribution in [1.29, 1.82) is 0 Å². The lowest BCUT2D eigenvalue weighted by atomic mass is 10.0. The maximum Gasteiger partial charge on any atom is 0.255 e. The maximum atomic E-state index is 13.1. The SMILES string of the molecule is O=C1CCC(N2Cc3ccc(CN4CCC[C@H]4C(=O)N4CCNCC4)cc3C2=O)C(=O)N1. The molecule has 0 aliphatic carbocycles. The van der Waals surface area contributed by atoms with Gasteiger partial charge in [-0.25, -0.2) is 0 Å². The highest BCUT2D eigenvalue weighted by atomic mass is 16.2. The van der Waals surface area contributed by atoms with Crippen LogP contribution in [-0.2, 0) is 27.5 Å². The molecule has 2 N–H and O–H groups in total. The Balaban J connectivity index is 1.28. The molecular formula is C23H29N5O4.